The Balaban J connectivity index is 0.000000188. The lowest BCUT2D eigenvalue weighted by atomic mass is 10.1. The highest BCUT2D eigenvalue weighted by atomic mass is 16.5. The number of oxazole rings is 1. The van der Waals surface area contributed by atoms with Gasteiger partial charge in [-0.2, -0.15) is 4.98 Å². The van der Waals surface area contributed by atoms with Crippen molar-refractivity contribution in [1.82, 2.24) is 10.3 Å². The van der Waals surface area contributed by atoms with Crippen molar-refractivity contribution in [2.75, 3.05) is 20.0 Å². The number of rotatable bonds is 4. The molecule has 1 saturated carbocycles. The van der Waals surface area contributed by atoms with Crippen molar-refractivity contribution in [3.63, 3.8) is 0 Å². The number of para-hydroxylation sites is 2. The first-order valence-electron chi connectivity index (χ1n) is 9.25. The van der Waals surface area contributed by atoms with Crippen LogP contribution < -0.4 is 20.5 Å². The fourth-order valence-corrected chi connectivity index (χ4v) is 3.29. The second-order valence-electron chi connectivity index (χ2n) is 6.51. The normalized spacial score (nSPS) is 13.6. The molecule has 0 unspecified atom stereocenters. The topological polar surface area (TPSA) is 99.6 Å². The Morgan fingerprint density at radius 3 is 2.32 bits per heavy atom. The summed E-state index contributed by atoms with van der Waals surface area (Å²) in [6.07, 6.45) is 4.49. The number of hydrogen-bond acceptors (Lipinski definition) is 6. The van der Waals surface area contributed by atoms with Gasteiger partial charge in [0.05, 0.1) is 14.2 Å². The van der Waals surface area contributed by atoms with Crippen molar-refractivity contribution in [3.8, 4) is 11.5 Å². The summed E-state index contributed by atoms with van der Waals surface area (Å²) in [5.74, 6) is 0.978. The molecule has 3 N–H and O–H groups in total. The number of nitrogens with one attached hydrogen (secondary N) is 1. The van der Waals surface area contributed by atoms with Crippen LogP contribution in [-0.4, -0.2) is 31.2 Å². The molecule has 2 aromatic carbocycles. The summed E-state index contributed by atoms with van der Waals surface area (Å²) in [6.45, 7) is 0. The number of anilines is 1. The van der Waals surface area contributed by atoms with E-state index in [-0.39, 0.29) is 18.0 Å². The van der Waals surface area contributed by atoms with Crippen molar-refractivity contribution >= 4 is 23.0 Å². The van der Waals surface area contributed by atoms with Crippen LogP contribution in [0.2, 0.25) is 0 Å². The van der Waals surface area contributed by atoms with Gasteiger partial charge in [-0.05, 0) is 37.1 Å². The number of ether oxygens (including phenoxy) is 2. The van der Waals surface area contributed by atoms with Gasteiger partial charge in [0.15, 0.2) is 5.58 Å². The smallest absolute Gasteiger partial charge is 0.292 e. The summed E-state index contributed by atoms with van der Waals surface area (Å²) in [7, 11) is 3.11. The first kappa shape index (κ1) is 19.5. The quantitative estimate of drug-likeness (QED) is 0.711. The summed E-state index contributed by atoms with van der Waals surface area (Å²) in [6, 6.07) is 13.3. The second-order valence-corrected chi connectivity index (χ2v) is 6.51. The maximum Gasteiger partial charge on any atom is 0.292 e. The zero-order chi connectivity index (χ0) is 19.9. The van der Waals surface area contributed by atoms with Crippen molar-refractivity contribution < 1.29 is 18.7 Å². The third kappa shape index (κ3) is 4.54. The van der Waals surface area contributed by atoms with Crippen LogP contribution in [0.3, 0.4) is 0 Å². The third-order valence-electron chi connectivity index (χ3n) is 4.66. The number of nitrogens with zero attached hydrogens (tertiary/aromatic N) is 1. The molecule has 1 amide bonds. The molecule has 1 aromatic heterocycles. The van der Waals surface area contributed by atoms with E-state index < -0.39 is 0 Å². The lowest BCUT2D eigenvalue weighted by Gasteiger charge is -2.16. The molecule has 4 rings (SSSR count). The van der Waals surface area contributed by atoms with Gasteiger partial charge in [0, 0.05) is 6.04 Å². The number of amides is 1. The number of carbonyl (C=O) groups is 1. The number of fused-ring (bicyclic) bond motifs is 1. The molecule has 1 aliphatic rings. The summed E-state index contributed by atoms with van der Waals surface area (Å²) in [5.41, 5.74) is 7.34. The zero-order valence-electron chi connectivity index (χ0n) is 16.1. The molecule has 0 saturated heterocycles. The number of nitrogen functional groups attached to an aromatic ring is 1. The van der Waals surface area contributed by atoms with E-state index in [4.69, 9.17) is 19.6 Å². The Morgan fingerprint density at radius 2 is 1.71 bits per heavy atom. The highest BCUT2D eigenvalue weighted by Crippen LogP contribution is 2.29. The predicted molar refractivity (Wildman–Crippen MR) is 108 cm³/mol. The number of benzene rings is 2. The monoisotopic (exact) mass is 383 g/mol. The molecule has 0 spiro atoms. The van der Waals surface area contributed by atoms with Gasteiger partial charge >= 0.3 is 0 Å². The summed E-state index contributed by atoms with van der Waals surface area (Å²) in [5, 5.41) is 3.05. The highest BCUT2D eigenvalue weighted by Gasteiger charge is 2.22. The number of nitrogens with two attached hydrogens (primary N) is 1. The number of hydrogen-bond donors (Lipinski definition) is 2. The number of carbonyl (C=O) groups excluding carboxylic acids is 1. The van der Waals surface area contributed by atoms with Crippen LogP contribution in [0.4, 0.5) is 6.01 Å². The van der Waals surface area contributed by atoms with Gasteiger partial charge in [0.2, 0.25) is 0 Å². The van der Waals surface area contributed by atoms with Crippen LogP contribution in [0.5, 0.6) is 11.5 Å². The van der Waals surface area contributed by atoms with Crippen LogP contribution in [0.25, 0.3) is 11.1 Å². The van der Waals surface area contributed by atoms with Crippen LogP contribution >= 0.6 is 0 Å². The van der Waals surface area contributed by atoms with Crippen molar-refractivity contribution in [2.45, 2.75) is 31.7 Å². The molecular weight excluding hydrogens is 358 g/mol. The van der Waals surface area contributed by atoms with Crippen LogP contribution in [0.1, 0.15) is 36.0 Å². The van der Waals surface area contributed by atoms with E-state index in [0.717, 1.165) is 23.9 Å². The lowest BCUT2D eigenvalue weighted by Crippen LogP contribution is -2.33. The van der Waals surface area contributed by atoms with E-state index in [1.807, 2.05) is 30.3 Å². The number of aromatic nitrogens is 1. The molecule has 7 nitrogen and oxygen atoms in total. The van der Waals surface area contributed by atoms with Crippen LogP contribution in [0, 0.1) is 0 Å². The van der Waals surface area contributed by atoms with Crippen LogP contribution in [0.15, 0.2) is 46.9 Å². The van der Waals surface area contributed by atoms with Gasteiger partial charge in [0.1, 0.15) is 22.6 Å². The SMILES string of the molecule is COc1cccc(OC)c1C(=O)NC1CCCC1.Nc1nc2ccccc2o1. The number of methoxy groups -OCH3 is 2. The molecule has 0 radical (unpaired) electrons. The van der Waals surface area contributed by atoms with Crippen molar-refractivity contribution in [3.05, 3.63) is 48.0 Å². The van der Waals surface area contributed by atoms with Gasteiger partial charge in [-0.25, -0.2) is 0 Å². The molecule has 28 heavy (non-hydrogen) atoms. The Bertz CT molecular complexity index is 877. The van der Waals surface area contributed by atoms with Crippen molar-refractivity contribution in [1.29, 1.82) is 0 Å². The molecule has 1 fully saturated rings. The molecule has 148 valence electrons. The first-order valence-corrected chi connectivity index (χ1v) is 9.25. The molecule has 0 aliphatic heterocycles. The van der Waals surface area contributed by atoms with Crippen LogP contribution in [-0.2, 0) is 0 Å². The fraction of sp³-hybridized carbons (Fsp3) is 0.333. The summed E-state index contributed by atoms with van der Waals surface area (Å²) >= 11 is 0. The molecule has 1 aliphatic carbocycles. The predicted octanol–water partition coefficient (Wildman–Crippen LogP) is 3.79. The van der Waals surface area contributed by atoms with Gasteiger partial charge in [0.25, 0.3) is 11.9 Å². The van der Waals surface area contributed by atoms with Gasteiger partial charge < -0.3 is 24.9 Å². The molecule has 7 heteroatoms. The Labute approximate surface area is 163 Å². The zero-order valence-corrected chi connectivity index (χ0v) is 16.1. The molecular formula is C21H25N3O4. The minimum absolute atomic E-state index is 0.115. The van der Waals surface area contributed by atoms with E-state index in [2.05, 4.69) is 10.3 Å². The van der Waals surface area contributed by atoms with E-state index >= 15 is 0 Å². The average Bonchev–Trinajstić information content (AvgIpc) is 3.35. The Hall–Kier alpha value is -3.22. The maximum atomic E-state index is 12.3. The standard InChI is InChI=1S/C14H19NO3.C7H6N2O/c1-17-11-8-5-9-12(18-2)13(11)14(16)15-10-6-3-4-7-10;8-7-9-5-3-1-2-4-6(5)10-7/h5,8-10H,3-4,6-7H2,1-2H3,(H,15,16);1-4H,(H2,8,9). The minimum Gasteiger partial charge on any atom is -0.496 e. The summed E-state index contributed by atoms with van der Waals surface area (Å²) in [4.78, 5) is 16.2. The minimum atomic E-state index is -0.115. The lowest BCUT2D eigenvalue weighted by molar-refractivity contribution is 0.0931. The van der Waals surface area contributed by atoms with E-state index in [9.17, 15) is 4.79 Å². The maximum absolute atomic E-state index is 12.3. The first-order chi connectivity index (χ1) is 13.6. The van der Waals surface area contributed by atoms with E-state index in [0.29, 0.717) is 17.1 Å². The molecule has 0 bridgehead atoms. The van der Waals surface area contributed by atoms with Gasteiger partial charge in [-0.15, -0.1) is 0 Å². The van der Waals surface area contributed by atoms with Crippen molar-refractivity contribution in [2.24, 2.45) is 0 Å². The summed E-state index contributed by atoms with van der Waals surface area (Å²) < 4.78 is 15.5. The fourth-order valence-electron chi connectivity index (χ4n) is 3.29. The highest BCUT2D eigenvalue weighted by molar-refractivity contribution is 5.99. The van der Waals surface area contributed by atoms with E-state index in [1.54, 1.807) is 26.4 Å². The third-order valence-corrected chi connectivity index (χ3v) is 4.66. The molecule has 1 heterocycles. The average molecular weight is 383 g/mol. The van der Waals surface area contributed by atoms with Gasteiger partial charge in [-0.3, -0.25) is 4.79 Å². The Morgan fingerprint density at radius 1 is 1.07 bits per heavy atom. The Kier molecular flexibility index (Phi) is 6.37. The van der Waals surface area contributed by atoms with E-state index in [1.165, 1.54) is 12.8 Å². The largest absolute Gasteiger partial charge is 0.496 e. The molecule has 0 atom stereocenters. The van der Waals surface area contributed by atoms with Gasteiger partial charge in [-0.1, -0.05) is 31.0 Å². The molecule has 3 aromatic rings. The second kappa shape index (κ2) is 9.12.